The minimum Gasteiger partial charge on any atom is -0.351 e. The third-order valence-corrected chi connectivity index (χ3v) is 0.833. The van der Waals surface area contributed by atoms with Crippen LogP contribution < -0.4 is 16.4 Å². The van der Waals surface area contributed by atoms with Gasteiger partial charge in [0.15, 0.2) is 5.96 Å². The van der Waals surface area contributed by atoms with E-state index in [1.165, 1.54) is 7.05 Å². The molecule has 0 fully saturated rings. The Morgan fingerprint density at radius 2 is 2.40 bits per heavy atom. The van der Waals surface area contributed by atoms with Crippen molar-refractivity contribution in [3.8, 4) is 0 Å². The van der Waals surface area contributed by atoms with Crippen LogP contribution in [-0.4, -0.2) is 25.0 Å². The molecule has 6 heteroatoms. The lowest BCUT2D eigenvalue weighted by Crippen LogP contribution is -2.43. The maximum Gasteiger partial charge on any atom is 0.318 e. The fraction of sp³-hybridized carbons (Fsp3) is 0.500. The predicted octanol–water partition coefficient (Wildman–Crippen LogP) is -0.574. The van der Waals surface area contributed by atoms with Crippen LogP contribution in [0, 0.1) is 0 Å². The molecule has 10 heavy (non-hydrogen) atoms. The van der Waals surface area contributed by atoms with Crippen LogP contribution in [0.3, 0.4) is 0 Å². The zero-order valence-electron chi connectivity index (χ0n) is 5.52. The Morgan fingerprint density at radius 1 is 1.80 bits per heavy atom. The van der Waals surface area contributed by atoms with Crippen molar-refractivity contribution in [3.63, 3.8) is 0 Å². The highest BCUT2D eigenvalue weighted by Gasteiger charge is 1.96. The number of carbonyl (C=O) groups is 1. The van der Waals surface area contributed by atoms with Gasteiger partial charge in [0, 0.05) is 7.05 Å². The maximum absolute atomic E-state index is 10.2. The maximum atomic E-state index is 10.2. The van der Waals surface area contributed by atoms with Gasteiger partial charge in [0.05, 0.1) is 6.00 Å². The number of guanidine groups is 1. The van der Waals surface area contributed by atoms with E-state index in [9.17, 15) is 4.79 Å². The summed E-state index contributed by atoms with van der Waals surface area (Å²) < 4.78 is 0. The zero-order valence-corrected chi connectivity index (χ0v) is 6.27. The number of halogens is 1. The number of nitrogens with one attached hydrogen (secondary N) is 2. The fourth-order valence-corrected chi connectivity index (χ4v) is 0.486. The van der Waals surface area contributed by atoms with Gasteiger partial charge in [-0.3, -0.25) is 10.3 Å². The second-order valence-electron chi connectivity index (χ2n) is 1.37. The first-order valence-corrected chi connectivity index (χ1v) is 3.07. The van der Waals surface area contributed by atoms with Gasteiger partial charge < -0.3 is 11.1 Å². The van der Waals surface area contributed by atoms with Gasteiger partial charge in [-0.2, -0.15) is 0 Å². The van der Waals surface area contributed by atoms with Crippen LogP contribution in [0.1, 0.15) is 0 Å². The molecule has 0 bridgehead atoms. The molecule has 0 aromatic rings. The molecular weight excluding hydrogens is 156 g/mol. The van der Waals surface area contributed by atoms with E-state index in [-0.39, 0.29) is 12.0 Å². The molecule has 2 amide bonds. The predicted molar refractivity (Wildman–Crippen MR) is 39.9 cm³/mol. The van der Waals surface area contributed by atoms with Gasteiger partial charge in [0.2, 0.25) is 0 Å². The second-order valence-corrected chi connectivity index (χ2v) is 1.64. The van der Waals surface area contributed by atoms with Crippen molar-refractivity contribution in [2.75, 3.05) is 13.1 Å². The molecule has 4 N–H and O–H groups in total. The number of primary amides is 1. The van der Waals surface area contributed by atoms with Crippen molar-refractivity contribution >= 4 is 23.6 Å². The number of alkyl halides is 1. The van der Waals surface area contributed by atoms with Gasteiger partial charge in [0.25, 0.3) is 0 Å². The quantitative estimate of drug-likeness (QED) is 0.210. The van der Waals surface area contributed by atoms with E-state index in [1.807, 2.05) is 0 Å². The highest BCUT2D eigenvalue weighted by Crippen LogP contribution is 1.69. The average molecular weight is 165 g/mol. The molecule has 0 radical (unpaired) electrons. The van der Waals surface area contributed by atoms with Gasteiger partial charge >= 0.3 is 6.03 Å². The Bertz CT molecular complexity index is 146. The monoisotopic (exact) mass is 164 g/mol. The topological polar surface area (TPSA) is 79.5 Å². The lowest BCUT2D eigenvalue weighted by atomic mass is 10.8. The number of urea groups is 1. The van der Waals surface area contributed by atoms with Crippen molar-refractivity contribution in [2.45, 2.75) is 0 Å². The summed E-state index contributed by atoms with van der Waals surface area (Å²) in [5.41, 5.74) is 4.79. The summed E-state index contributed by atoms with van der Waals surface area (Å²) in [5, 5.41) is 4.79. The molecule has 0 unspecified atom stereocenters. The van der Waals surface area contributed by atoms with Crippen LogP contribution in [0.25, 0.3) is 0 Å². The van der Waals surface area contributed by atoms with Gasteiger partial charge in [-0.15, -0.1) is 11.6 Å². The van der Waals surface area contributed by atoms with E-state index in [1.54, 1.807) is 0 Å². The summed E-state index contributed by atoms with van der Waals surface area (Å²) in [6, 6.07) is -0.495. The molecule has 0 aliphatic rings. The van der Waals surface area contributed by atoms with Crippen molar-refractivity contribution in [2.24, 2.45) is 10.7 Å². The van der Waals surface area contributed by atoms with Crippen LogP contribution in [0.15, 0.2) is 4.99 Å². The smallest absolute Gasteiger partial charge is 0.318 e. The first-order valence-electron chi connectivity index (χ1n) is 2.53. The lowest BCUT2D eigenvalue weighted by Gasteiger charge is -2.04. The number of amides is 2. The number of aliphatic imine (C=N–C) groups is 1. The molecule has 0 rings (SSSR count). The second kappa shape index (κ2) is 4.87. The zero-order chi connectivity index (χ0) is 7.98. The molecule has 0 aliphatic heterocycles. The van der Waals surface area contributed by atoms with Crippen LogP contribution >= 0.6 is 11.6 Å². The third kappa shape index (κ3) is 3.96. The van der Waals surface area contributed by atoms with E-state index in [2.05, 4.69) is 15.6 Å². The van der Waals surface area contributed by atoms with E-state index >= 15 is 0 Å². The van der Waals surface area contributed by atoms with Crippen LogP contribution in [0.2, 0.25) is 0 Å². The molecule has 5 nitrogen and oxygen atoms in total. The summed E-state index contributed by atoms with van der Waals surface area (Å²) >= 11 is 5.27. The SMILES string of the molecule is CN=C(NCCl)NC(N)=O. The van der Waals surface area contributed by atoms with E-state index in [0.29, 0.717) is 0 Å². The fourth-order valence-electron chi connectivity index (χ4n) is 0.359. The molecule has 0 heterocycles. The van der Waals surface area contributed by atoms with Crippen molar-refractivity contribution in [1.82, 2.24) is 10.6 Å². The summed E-state index contributed by atoms with van der Waals surface area (Å²) in [6.07, 6.45) is 0. The molecule has 0 aromatic heterocycles. The van der Waals surface area contributed by atoms with Crippen LogP contribution in [0.4, 0.5) is 4.79 Å². The number of carbonyl (C=O) groups excluding carboxylic acids is 1. The van der Waals surface area contributed by atoms with E-state index < -0.39 is 6.03 Å². The minimum atomic E-state index is -0.668. The summed E-state index contributed by atoms with van der Waals surface area (Å²) in [4.78, 5) is 13.8. The Kier molecular flexibility index (Phi) is 4.39. The third-order valence-electron chi connectivity index (χ3n) is 0.699. The number of rotatable bonds is 1. The van der Waals surface area contributed by atoms with Gasteiger partial charge in [0.1, 0.15) is 0 Å². The number of hydrogen-bond donors (Lipinski definition) is 3. The van der Waals surface area contributed by atoms with Crippen LogP contribution in [-0.2, 0) is 0 Å². The molecule has 0 aromatic carbocycles. The Balaban J connectivity index is 3.73. The highest BCUT2D eigenvalue weighted by molar-refractivity contribution is 6.18. The summed E-state index contributed by atoms with van der Waals surface area (Å²) in [6.45, 7) is 0. The van der Waals surface area contributed by atoms with Crippen molar-refractivity contribution in [3.05, 3.63) is 0 Å². The minimum absolute atomic E-state index is 0.174. The van der Waals surface area contributed by atoms with Gasteiger partial charge in [-0.1, -0.05) is 0 Å². The van der Waals surface area contributed by atoms with Crippen molar-refractivity contribution in [1.29, 1.82) is 0 Å². The lowest BCUT2D eigenvalue weighted by molar-refractivity contribution is 0.253. The molecule has 0 atom stereocenters. The summed E-state index contributed by atoms with van der Waals surface area (Å²) in [5.74, 6) is 0.266. The van der Waals surface area contributed by atoms with E-state index in [0.717, 1.165) is 0 Å². The number of hydrogen-bond acceptors (Lipinski definition) is 2. The molecular formula is C4H9ClN4O. The normalized spacial score (nSPS) is 10.8. The van der Waals surface area contributed by atoms with E-state index in [4.69, 9.17) is 17.3 Å². The van der Waals surface area contributed by atoms with Gasteiger partial charge in [-0.05, 0) is 0 Å². The Morgan fingerprint density at radius 3 is 2.70 bits per heavy atom. The molecule has 58 valence electrons. The van der Waals surface area contributed by atoms with Crippen LogP contribution in [0.5, 0.6) is 0 Å². The average Bonchev–Trinajstić information content (AvgIpc) is 1.86. The molecule has 0 aliphatic carbocycles. The molecule has 0 saturated carbocycles. The number of nitrogens with two attached hydrogens (primary N) is 1. The largest absolute Gasteiger partial charge is 0.351 e. The van der Waals surface area contributed by atoms with Gasteiger partial charge in [-0.25, -0.2) is 4.79 Å². The summed E-state index contributed by atoms with van der Waals surface area (Å²) in [7, 11) is 1.50. The Labute approximate surface area is 63.6 Å². The standard InChI is InChI=1S/C4H9ClN4O/c1-7-4(8-2-5)9-3(6)10/h2H2,1H3,(H4,6,7,8,9,10). The van der Waals surface area contributed by atoms with Crippen molar-refractivity contribution < 1.29 is 4.79 Å². The Hall–Kier alpha value is -0.970. The highest BCUT2D eigenvalue weighted by atomic mass is 35.5. The first kappa shape index (κ1) is 9.03. The number of nitrogens with zero attached hydrogens (tertiary/aromatic N) is 1. The molecule has 0 saturated heterocycles. The first-order chi connectivity index (χ1) is 4.70. The molecule has 0 spiro atoms.